The smallest absolute Gasteiger partial charge is 0.243 e. The van der Waals surface area contributed by atoms with Crippen molar-refractivity contribution in [2.24, 2.45) is 0 Å². The first-order chi connectivity index (χ1) is 16.1. The molecule has 0 spiro atoms. The molecule has 0 amide bonds. The minimum absolute atomic E-state index is 0.241. The number of hydrogen-bond acceptors (Lipinski definition) is 6. The number of anilines is 1. The van der Waals surface area contributed by atoms with Gasteiger partial charge in [0.15, 0.2) is 5.82 Å². The first-order valence-electron chi connectivity index (χ1n) is 10.8. The maximum absolute atomic E-state index is 13.2. The van der Waals surface area contributed by atoms with E-state index in [0.717, 1.165) is 28.1 Å². The Kier molecular flexibility index (Phi) is 5.70. The maximum atomic E-state index is 13.2. The largest absolute Gasteiger partial charge is 0.497 e. The SMILES string of the molecule is COc1cccc(S(=O)(=O)N2CCN(c3nc4ccccc4nc3-c3ccccc3)CC2)c1. The van der Waals surface area contributed by atoms with Gasteiger partial charge in [-0.05, 0) is 24.3 Å². The number of benzene rings is 3. The first kappa shape index (κ1) is 21.4. The van der Waals surface area contributed by atoms with Crippen LogP contribution in [-0.4, -0.2) is 56.0 Å². The maximum Gasteiger partial charge on any atom is 0.243 e. The molecule has 0 atom stereocenters. The molecule has 0 bridgehead atoms. The number of piperazine rings is 1. The zero-order chi connectivity index (χ0) is 22.8. The van der Waals surface area contributed by atoms with Crippen LogP contribution in [0.4, 0.5) is 5.82 Å². The summed E-state index contributed by atoms with van der Waals surface area (Å²) in [6.07, 6.45) is 0. The second-order valence-electron chi connectivity index (χ2n) is 7.82. The lowest BCUT2D eigenvalue weighted by Gasteiger charge is -2.35. The van der Waals surface area contributed by atoms with E-state index in [1.807, 2.05) is 54.6 Å². The third-order valence-electron chi connectivity index (χ3n) is 5.82. The number of fused-ring (bicyclic) bond motifs is 1. The van der Waals surface area contributed by atoms with Crippen molar-refractivity contribution in [3.05, 3.63) is 78.9 Å². The van der Waals surface area contributed by atoms with Crippen LogP contribution >= 0.6 is 0 Å². The van der Waals surface area contributed by atoms with Gasteiger partial charge in [0.05, 0.1) is 23.0 Å². The van der Waals surface area contributed by atoms with Gasteiger partial charge >= 0.3 is 0 Å². The van der Waals surface area contributed by atoms with Crippen LogP contribution in [0.3, 0.4) is 0 Å². The van der Waals surface area contributed by atoms with Gasteiger partial charge in [-0.2, -0.15) is 4.31 Å². The van der Waals surface area contributed by atoms with Gasteiger partial charge in [0.25, 0.3) is 0 Å². The van der Waals surface area contributed by atoms with Gasteiger partial charge in [-0.25, -0.2) is 18.4 Å². The molecule has 1 saturated heterocycles. The Balaban J connectivity index is 1.45. The predicted octanol–water partition coefficient (Wildman–Crippen LogP) is 3.82. The van der Waals surface area contributed by atoms with Crippen molar-refractivity contribution >= 4 is 26.9 Å². The molecule has 1 aromatic heterocycles. The fourth-order valence-corrected chi connectivity index (χ4v) is 5.51. The second kappa shape index (κ2) is 8.80. The lowest BCUT2D eigenvalue weighted by Crippen LogP contribution is -2.49. The molecule has 7 nitrogen and oxygen atoms in total. The van der Waals surface area contributed by atoms with E-state index in [1.165, 1.54) is 11.4 Å². The van der Waals surface area contributed by atoms with Crippen molar-refractivity contribution in [3.8, 4) is 17.0 Å². The third-order valence-corrected chi connectivity index (χ3v) is 7.71. The van der Waals surface area contributed by atoms with Crippen LogP contribution in [0, 0.1) is 0 Å². The second-order valence-corrected chi connectivity index (χ2v) is 9.76. The van der Waals surface area contributed by atoms with Crippen molar-refractivity contribution in [3.63, 3.8) is 0 Å². The topological polar surface area (TPSA) is 75.6 Å². The molecule has 1 aliphatic rings. The molecule has 1 fully saturated rings. The molecule has 0 radical (unpaired) electrons. The summed E-state index contributed by atoms with van der Waals surface area (Å²) in [7, 11) is -2.08. The van der Waals surface area contributed by atoms with Crippen molar-refractivity contribution in [1.29, 1.82) is 0 Å². The highest BCUT2D eigenvalue weighted by Gasteiger charge is 2.30. The van der Waals surface area contributed by atoms with Gasteiger partial charge in [0.2, 0.25) is 10.0 Å². The van der Waals surface area contributed by atoms with Crippen LogP contribution in [0.2, 0.25) is 0 Å². The number of rotatable bonds is 5. The number of hydrogen-bond donors (Lipinski definition) is 0. The van der Waals surface area contributed by atoms with Crippen LogP contribution in [0.1, 0.15) is 0 Å². The molecule has 0 unspecified atom stereocenters. The third kappa shape index (κ3) is 4.15. The van der Waals surface area contributed by atoms with E-state index in [0.29, 0.717) is 31.9 Å². The number of nitrogens with zero attached hydrogens (tertiary/aromatic N) is 4. The average Bonchev–Trinajstić information content (AvgIpc) is 2.88. The normalized spacial score (nSPS) is 15.0. The van der Waals surface area contributed by atoms with E-state index in [1.54, 1.807) is 24.3 Å². The summed E-state index contributed by atoms with van der Waals surface area (Å²) in [4.78, 5) is 12.2. The van der Waals surface area contributed by atoms with Crippen LogP contribution in [-0.2, 0) is 10.0 Å². The molecular weight excluding hydrogens is 436 g/mol. The molecule has 5 rings (SSSR count). The highest BCUT2D eigenvalue weighted by atomic mass is 32.2. The lowest BCUT2D eigenvalue weighted by atomic mass is 10.1. The minimum Gasteiger partial charge on any atom is -0.497 e. The zero-order valence-corrected chi connectivity index (χ0v) is 19.1. The molecule has 33 heavy (non-hydrogen) atoms. The summed E-state index contributed by atoms with van der Waals surface area (Å²) in [6.45, 7) is 1.77. The standard InChI is InChI=1S/C25H24N4O3S/c1-32-20-10-7-11-21(18-20)33(30,31)29-16-14-28(15-17-29)25-24(19-8-3-2-4-9-19)26-22-12-5-6-13-23(22)27-25/h2-13,18H,14-17H2,1H3. The molecule has 4 aromatic rings. The van der Waals surface area contributed by atoms with E-state index in [-0.39, 0.29) is 4.90 Å². The molecular formula is C25H24N4O3S. The fraction of sp³-hybridized carbons (Fsp3) is 0.200. The van der Waals surface area contributed by atoms with Crippen molar-refractivity contribution in [2.75, 3.05) is 38.2 Å². The van der Waals surface area contributed by atoms with Gasteiger partial charge in [0, 0.05) is 37.8 Å². The quantitative estimate of drug-likeness (QED) is 0.451. The van der Waals surface area contributed by atoms with Gasteiger partial charge in [-0.3, -0.25) is 0 Å². The summed E-state index contributed by atoms with van der Waals surface area (Å²) < 4.78 is 33.1. The van der Waals surface area contributed by atoms with E-state index in [9.17, 15) is 8.42 Å². The van der Waals surface area contributed by atoms with Crippen molar-refractivity contribution in [2.45, 2.75) is 4.90 Å². The Labute approximate surface area is 193 Å². The number of para-hydroxylation sites is 2. The summed E-state index contributed by atoms with van der Waals surface area (Å²) in [5.74, 6) is 1.30. The van der Waals surface area contributed by atoms with E-state index in [2.05, 4.69) is 4.90 Å². The Morgan fingerprint density at radius 3 is 2.15 bits per heavy atom. The average molecular weight is 461 g/mol. The zero-order valence-electron chi connectivity index (χ0n) is 18.3. The van der Waals surface area contributed by atoms with Crippen LogP contribution in [0.5, 0.6) is 5.75 Å². The molecule has 0 N–H and O–H groups in total. The van der Waals surface area contributed by atoms with Gasteiger partial charge in [0.1, 0.15) is 11.4 Å². The molecule has 168 valence electrons. The number of ether oxygens (including phenoxy) is 1. The molecule has 8 heteroatoms. The van der Waals surface area contributed by atoms with Gasteiger partial charge < -0.3 is 9.64 Å². The molecule has 1 aliphatic heterocycles. The summed E-state index contributed by atoms with van der Waals surface area (Å²) in [5, 5.41) is 0. The predicted molar refractivity (Wildman–Crippen MR) is 129 cm³/mol. The first-order valence-corrected chi connectivity index (χ1v) is 12.2. The Morgan fingerprint density at radius 1 is 0.788 bits per heavy atom. The number of methoxy groups -OCH3 is 1. The van der Waals surface area contributed by atoms with Crippen molar-refractivity contribution in [1.82, 2.24) is 14.3 Å². The molecule has 2 heterocycles. The summed E-state index contributed by atoms with van der Waals surface area (Å²) in [6, 6.07) is 24.4. The number of aromatic nitrogens is 2. The minimum atomic E-state index is -3.61. The molecule has 0 aliphatic carbocycles. The summed E-state index contributed by atoms with van der Waals surface area (Å²) >= 11 is 0. The monoisotopic (exact) mass is 460 g/mol. The van der Waals surface area contributed by atoms with E-state index < -0.39 is 10.0 Å². The Bertz CT molecular complexity index is 1390. The van der Waals surface area contributed by atoms with Gasteiger partial charge in [-0.1, -0.05) is 48.5 Å². The molecule has 0 saturated carbocycles. The van der Waals surface area contributed by atoms with E-state index >= 15 is 0 Å². The number of sulfonamides is 1. The van der Waals surface area contributed by atoms with Crippen molar-refractivity contribution < 1.29 is 13.2 Å². The Hall–Kier alpha value is -3.49. The highest BCUT2D eigenvalue weighted by Crippen LogP contribution is 2.31. The van der Waals surface area contributed by atoms with Crippen LogP contribution in [0.15, 0.2) is 83.8 Å². The summed E-state index contributed by atoms with van der Waals surface area (Å²) in [5.41, 5.74) is 3.44. The van der Waals surface area contributed by atoms with Gasteiger partial charge in [-0.15, -0.1) is 0 Å². The lowest BCUT2D eigenvalue weighted by molar-refractivity contribution is 0.382. The Morgan fingerprint density at radius 2 is 1.45 bits per heavy atom. The highest BCUT2D eigenvalue weighted by molar-refractivity contribution is 7.89. The fourth-order valence-electron chi connectivity index (χ4n) is 4.05. The van der Waals surface area contributed by atoms with E-state index in [4.69, 9.17) is 14.7 Å². The van der Waals surface area contributed by atoms with Crippen LogP contribution < -0.4 is 9.64 Å². The van der Waals surface area contributed by atoms with Crippen LogP contribution in [0.25, 0.3) is 22.3 Å². The molecule has 3 aromatic carbocycles.